The van der Waals surface area contributed by atoms with Crippen LogP contribution >= 0.6 is 0 Å². The largest absolute Gasteiger partial charge is 0.366 e. The van der Waals surface area contributed by atoms with Crippen LogP contribution < -0.4 is 9.74 Å². The lowest BCUT2D eigenvalue weighted by Gasteiger charge is -2.35. The zero-order valence-corrected chi connectivity index (χ0v) is 13.8. The highest BCUT2D eigenvalue weighted by molar-refractivity contribution is 5.81. The molecule has 0 radical (unpaired) electrons. The third kappa shape index (κ3) is 3.18. The summed E-state index contributed by atoms with van der Waals surface area (Å²) in [6.07, 6.45) is 5.24. The van der Waals surface area contributed by atoms with Crippen molar-refractivity contribution >= 4 is 23.1 Å². The molecule has 4 rings (SSSR count). The van der Waals surface area contributed by atoms with Gasteiger partial charge in [-0.05, 0) is 12.1 Å². The van der Waals surface area contributed by atoms with Crippen LogP contribution in [-0.4, -0.2) is 52.2 Å². The topological polar surface area (TPSA) is 63.5 Å². The first-order valence-electron chi connectivity index (χ1n) is 8.27. The number of hydrogen-bond donors (Lipinski definition) is 0. The van der Waals surface area contributed by atoms with Crippen LogP contribution in [0, 0.1) is 0 Å². The van der Waals surface area contributed by atoms with Crippen LogP contribution in [0.15, 0.2) is 49.1 Å². The number of aromatic nitrogens is 3. The molecule has 0 bridgehead atoms. The van der Waals surface area contributed by atoms with Crippen molar-refractivity contribution in [3.8, 4) is 0 Å². The van der Waals surface area contributed by atoms with Gasteiger partial charge in [0, 0.05) is 38.1 Å². The maximum absolute atomic E-state index is 10.9. The Morgan fingerprint density at radius 1 is 1.08 bits per heavy atom. The molecule has 1 aliphatic rings. The molecule has 1 saturated heterocycles. The summed E-state index contributed by atoms with van der Waals surface area (Å²) in [7, 11) is 0. The Bertz CT molecular complexity index is 856. The highest BCUT2D eigenvalue weighted by Crippen LogP contribution is 2.21. The first kappa shape index (κ1) is 15.6. The Balaban J connectivity index is 1.47. The second kappa shape index (κ2) is 6.90. The minimum absolute atomic E-state index is 0.475. The van der Waals surface area contributed by atoms with Crippen LogP contribution in [0.2, 0.25) is 0 Å². The Morgan fingerprint density at radius 3 is 2.60 bits per heavy atom. The molecule has 3 aromatic rings. The fourth-order valence-corrected chi connectivity index (χ4v) is 3.31. The number of carbonyl (C=O) groups is 1. The van der Waals surface area contributed by atoms with Gasteiger partial charge in [-0.1, -0.05) is 18.2 Å². The van der Waals surface area contributed by atoms with Gasteiger partial charge in [0.05, 0.1) is 29.3 Å². The monoisotopic (exact) mass is 337 g/mol. The highest BCUT2D eigenvalue weighted by atomic mass is 16.7. The predicted molar refractivity (Wildman–Crippen MR) is 94.1 cm³/mol. The smallest absolute Gasteiger partial charge is 0.321 e. The summed E-state index contributed by atoms with van der Waals surface area (Å²) in [4.78, 5) is 28.9. The van der Waals surface area contributed by atoms with Gasteiger partial charge in [0.15, 0.2) is 0 Å². The Hall–Kier alpha value is -2.93. The Labute approximate surface area is 145 Å². The minimum atomic E-state index is 0.475. The third-order valence-electron chi connectivity index (χ3n) is 4.56. The average molecular weight is 337 g/mol. The van der Waals surface area contributed by atoms with Gasteiger partial charge in [-0.25, -0.2) is 9.97 Å². The molecule has 0 unspecified atom stereocenters. The molecular weight excluding hydrogens is 318 g/mol. The van der Waals surface area contributed by atoms with Crippen LogP contribution in [0.3, 0.4) is 0 Å². The van der Waals surface area contributed by atoms with Gasteiger partial charge in [0.1, 0.15) is 6.33 Å². The summed E-state index contributed by atoms with van der Waals surface area (Å²) >= 11 is 0. The number of nitrogens with zero attached hydrogens (tertiary/aromatic N) is 5. The molecule has 0 spiro atoms. The van der Waals surface area contributed by atoms with Crippen molar-refractivity contribution in [2.75, 3.05) is 31.1 Å². The van der Waals surface area contributed by atoms with E-state index in [1.807, 2.05) is 36.7 Å². The van der Waals surface area contributed by atoms with E-state index in [9.17, 15) is 4.79 Å². The standard InChI is InChI=1S/C18H19N5O2/c24-14-25-23-16(9-15-3-1-2-4-18(15)23)12-21-5-7-22(8-6-21)17-10-19-13-20-11-17/h1-4,9-11,13-14H,5-8,12H2. The number of carbonyl (C=O) groups excluding carboxylic acids is 1. The zero-order valence-electron chi connectivity index (χ0n) is 13.8. The fourth-order valence-electron chi connectivity index (χ4n) is 3.31. The molecule has 0 saturated carbocycles. The van der Waals surface area contributed by atoms with Gasteiger partial charge in [0.25, 0.3) is 0 Å². The lowest BCUT2D eigenvalue weighted by atomic mass is 10.2. The molecule has 0 atom stereocenters. The van der Waals surface area contributed by atoms with E-state index < -0.39 is 0 Å². The average Bonchev–Trinajstić information content (AvgIpc) is 3.01. The molecule has 7 heteroatoms. The fraction of sp³-hybridized carbons (Fsp3) is 0.278. The van der Waals surface area contributed by atoms with E-state index in [4.69, 9.17) is 4.84 Å². The third-order valence-corrected chi connectivity index (χ3v) is 4.56. The summed E-state index contributed by atoms with van der Waals surface area (Å²) in [5.74, 6) is 0. The Kier molecular flexibility index (Phi) is 4.30. The number of piperazine rings is 1. The van der Waals surface area contributed by atoms with E-state index >= 15 is 0 Å². The molecule has 1 aromatic carbocycles. The summed E-state index contributed by atoms with van der Waals surface area (Å²) in [5, 5.41) is 1.07. The lowest BCUT2D eigenvalue weighted by Crippen LogP contribution is -2.46. The van der Waals surface area contributed by atoms with Crippen LogP contribution in [-0.2, 0) is 11.3 Å². The second-order valence-corrected chi connectivity index (χ2v) is 6.05. The predicted octanol–water partition coefficient (Wildman–Crippen LogP) is 1.34. The van der Waals surface area contributed by atoms with E-state index in [1.54, 1.807) is 11.1 Å². The van der Waals surface area contributed by atoms with E-state index in [-0.39, 0.29) is 0 Å². The van der Waals surface area contributed by atoms with Crippen molar-refractivity contribution in [3.63, 3.8) is 0 Å². The molecule has 3 heterocycles. The molecule has 1 fully saturated rings. The molecule has 0 N–H and O–H groups in total. The summed E-state index contributed by atoms with van der Waals surface area (Å²) in [6.45, 7) is 4.91. The molecule has 0 amide bonds. The van der Waals surface area contributed by atoms with Crippen LogP contribution in [0.25, 0.3) is 10.9 Å². The summed E-state index contributed by atoms with van der Waals surface area (Å²) in [6, 6.07) is 9.98. The molecule has 0 aliphatic carbocycles. The number of para-hydroxylation sites is 1. The van der Waals surface area contributed by atoms with Gasteiger partial charge in [-0.15, -0.1) is 0 Å². The normalized spacial score (nSPS) is 15.4. The first-order valence-corrected chi connectivity index (χ1v) is 8.27. The van der Waals surface area contributed by atoms with Gasteiger partial charge >= 0.3 is 6.47 Å². The van der Waals surface area contributed by atoms with E-state index in [2.05, 4.69) is 25.8 Å². The maximum atomic E-state index is 10.9. The zero-order chi connectivity index (χ0) is 17.1. The Morgan fingerprint density at radius 2 is 1.84 bits per heavy atom. The van der Waals surface area contributed by atoms with E-state index in [0.29, 0.717) is 6.47 Å². The SMILES string of the molecule is O=COn1c(CN2CCN(c3cncnc3)CC2)cc2ccccc21. The number of fused-ring (bicyclic) bond motifs is 1. The van der Waals surface area contributed by atoms with Gasteiger partial charge in [0.2, 0.25) is 0 Å². The molecule has 7 nitrogen and oxygen atoms in total. The van der Waals surface area contributed by atoms with E-state index in [1.165, 1.54) is 0 Å². The second-order valence-electron chi connectivity index (χ2n) is 6.05. The molecule has 25 heavy (non-hydrogen) atoms. The molecule has 2 aromatic heterocycles. The van der Waals surface area contributed by atoms with Gasteiger partial charge in [-0.3, -0.25) is 9.69 Å². The van der Waals surface area contributed by atoms with Crippen molar-refractivity contribution in [2.24, 2.45) is 0 Å². The molecule has 128 valence electrons. The summed E-state index contributed by atoms with van der Waals surface area (Å²) in [5.41, 5.74) is 2.94. The van der Waals surface area contributed by atoms with Crippen molar-refractivity contribution in [2.45, 2.75) is 6.54 Å². The van der Waals surface area contributed by atoms with E-state index in [0.717, 1.165) is 55.0 Å². The van der Waals surface area contributed by atoms with Gasteiger partial charge in [-0.2, -0.15) is 4.73 Å². The van der Waals surface area contributed by atoms with Crippen LogP contribution in [0.5, 0.6) is 0 Å². The molecular formula is C18H19N5O2. The lowest BCUT2D eigenvalue weighted by molar-refractivity contribution is -0.129. The number of benzene rings is 1. The van der Waals surface area contributed by atoms with Crippen molar-refractivity contribution in [1.82, 2.24) is 19.6 Å². The first-order chi connectivity index (χ1) is 12.3. The number of rotatable bonds is 5. The van der Waals surface area contributed by atoms with Crippen LogP contribution in [0.1, 0.15) is 5.69 Å². The van der Waals surface area contributed by atoms with Crippen molar-refractivity contribution in [1.29, 1.82) is 0 Å². The quantitative estimate of drug-likeness (QED) is 0.655. The van der Waals surface area contributed by atoms with Gasteiger partial charge < -0.3 is 9.74 Å². The highest BCUT2D eigenvalue weighted by Gasteiger charge is 2.20. The number of hydrogen-bond acceptors (Lipinski definition) is 6. The maximum Gasteiger partial charge on any atom is 0.321 e. The minimum Gasteiger partial charge on any atom is -0.366 e. The molecule has 1 aliphatic heterocycles. The summed E-state index contributed by atoms with van der Waals surface area (Å²) < 4.78 is 1.62. The van der Waals surface area contributed by atoms with Crippen molar-refractivity contribution < 1.29 is 9.63 Å². The van der Waals surface area contributed by atoms with Crippen LogP contribution in [0.4, 0.5) is 5.69 Å². The number of anilines is 1. The van der Waals surface area contributed by atoms with Crippen molar-refractivity contribution in [3.05, 3.63) is 54.7 Å².